The highest BCUT2D eigenvalue weighted by molar-refractivity contribution is 5.78. The smallest absolute Gasteiger partial charge is 0.133 e. The summed E-state index contributed by atoms with van der Waals surface area (Å²) in [4.78, 5) is 11.4. The van der Waals surface area contributed by atoms with Crippen LogP contribution >= 0.6 is 0 Å². The van der Waals surface area contributed by atoms with Crippen LogP contribution in [0.15, 0.2) is 0 Å². The molecule has 0 aromatic carbocycles. The minimum Gasteiger partial charge on any atom is -0.300 e. The zero-order chi connectivity index (χ0) is 11.1. The third-order valence-electron chi connectivity index (χ3n) is 3.48. The van der Waals surface area contributed by atoms with Crippen LogP contribution in [0.5, 0.6) is 0 Å². The second-order valence-corrected chi connectivity index (χ2v) is 5.53. The molecule has 1 heteroatoms. The summed E-state index contributed by atoms with van der Waals surface area (Å²) in [7, 11) is 0. The SMILES string of the molecule is CC(C)CCCC[C@H]1CCCCC(=O)C1. The molecule has 1 aliphatic rings. The maximum atomic E-state index is 11.4. The average Bonchev–Trinajstić information content (AvgIpc) is 2.37. The van der Waals surface area contributed by atoms with Crippen LogP contribution in [0, 0.1) is 11.8 Å². The van der Waals surface area contributed by atoms with Gasteiger partial charge in [-0.2, -0.15) is 0 Å². The first kappa shape index (κ1) is 12.7. The molecule has 0 bridgehead atoms. The van der Waals surface area contributed by atoms with Crippen molar-refractivity contribution in [2.24, 2.45) is 11.8 Å². The predicted octanol–water partition coefficient (Wildman–Crippen LogP) is 4.35. The third-order valence-corrected chi connectivity index (χ3v) is 3.48. The Hall–Kier alpha value is -0.330. The maximum Gasteiger partial charge on any atom is 0.133 e. The van der Waals surface area contributed by atoms with Gasteiger partial charge in [0.1, 0.15) is 5.78 Å². The van der Waals surface area contributed by atoms with Crippen LogP contribution in [0.25, 0.3) is 0 Å². The van der Waals surface area contributed by atoms with E-state index in [-0.39, 0.29) is 0 Å². The molecule has 0 unspecified atom stereocenters. The minimum atomic E-state index is 0.515. The van der Waals surface area contributed by atoms with E-state index in [0.29, 0.717) is 11.7 Å². The van der Waals surface area contributed by atoms with Gasteiger partial charge < -0.3 is 0 Å². The van der Waals surface area contributed by atoms with Gasteiger partial charge in [-0.05, 0) is 18.3 Å². The van der Waals surface area contributed by atoms with Gasteiger partial charge in [-0.1, -0.05) is 52.4 Å². The molecular formula is C14H26O. The van der Waals surface area contributed by atoms with Crippen LogP contribution in [0.1, 0.15) is 71.6 Å². The second kappa shape index (κ2) is 7.03. The lowest BCUT2D eigenvalue weighted by atomic mass is 9.92. The molecule has 0 aliphatic heterocycles. The molecule has 0 N–H and O–H groups in total. The molecule has 1 rings (SSSR count). The molecule has 15 heavy (non-hydrogen) atoms. The summed E-state index contributed by atoms with van der Waals surface area (Å²) in [6.07, 6.45) is 10.8. The first-order valence-corrected chi connectivity index (χ1v) is 6.70. The van der Waals surface area contributed by atoms with Crippen LogP contribution in [-0.2, 0) is 4.79 Å². The first-order valence-electron chi connectivity index (χ1n) is 6.70. The molecule has 0 amide bonds. The Balaban J connectivity index is 2.11. The fourth-order valence-corrected chi connectivity index (χ4v) is 2.51. The number of rotatable bonds is 5. The number of ketones is 1. The molecule has 0 aromatic heterocycles. The van der Waals surface area contributed by atoms with Gasteiger partial charge in [0.2, 0.25) is 0 Å². The minimum absolute atomic E-state index is 0.515. The van der Waals surface area contributed by atoms with E-state index in [2.05, 4.69) is 13.8 Å². The zero-order valence-corrected chi connectivity index (χ0v) is 10.4. The van der Waals surface area contributed by atoms with Crippen LogP contribution < -0.4 is 0 Å². The van der Waals surface area contributed by atoms with E-state index in [1.54, 1.807) is 0 Å². The Morgan fingerprint density at radius 2 is 2.07 bits per heavy atom. The van der Waals surface area contributed by atoms with Crippen LogP contribution in [0.2, 0.25) is 0 Å². The van der Waals surface area contributed by atoms with Crippen LogP contribution in [0.3, 0.4) is 0 Å². The van der Waals surface area contributed by atoms with Crippen LogP contribution in [0.4, 0.5) is 0 Å². The van der Waals surface area contributed by atoms with Crippen molar-refractivity contribution in [3.63, 3.8) is 0 Å². The lowest BCUT2D eigenvalue weighted by Crippen LogP contribution is -2.05. The van der Waals surface area contributed by atoms with Crippen molar-refractivity contribution in [1.82, 2.24) is 0 Å². The number of carbonyl (C=O) groups excluding carboxylic acids is 1. The van der Waals surface area contributed by atoms with Gasteiger partial charge in [-0.25, -0.2) is 0 Å². The number of Topliss-reactive ketones (excluding diaryl/α,β-unsaturated/α-hetero) is 1. The zero-order valence-electron chi connectivity index (χ0n) is 10.4. The van der Waals surface area contributed by atoms with E-state index in [1.165, 1.54) is 38.5 Å². The van der Waals surface area contributed by atoms with E-state index >= 15 is 0 Å². The Kier molecular flexibility index (Phi) is 5.97. The van der Waals surface area contributed by atoms with Crippen molar-refractivity contribution >= 4 is 5.78 Å². The molecule has 0 aromatic rings. The summed E-state index contributed by atoms with van der Waals surface area (Å²) < 4.78 is 0. The lowest BCUT2D eigenvalue weighted by Gasteiger charge is -2.13. The number of hydrogen-bond acceptors (Lipinski definition) is 1. The maximum absolute atomic E-state index is 11.4. The quantitative estimate of drug-likeness (QED) is 0.487. The molecule has 1 atom stereocenters. The number of hydrogen-bond donors (Lipinski definition) is 0. The summed E-state index contributed by atoms with van der Waals surface area (Å²) in [5, 5.41) is 0. The van der Waals surface area contributed by atoms with Crippen molar-refractivity contribution in [3.8, 4) is 0 Å². The van der Waals surface area contributed by atoms with Gasteiger partial charge in [-0.3, -0.25) is 4.79 Å². The molecule has 0 heterocycles. The van der Waals surface area contributed by atoms with E-state index in [1.807, 2.05) is 0 Å². The molecule has 1 aliphatic carbocycles. The van der Waals surface area contributed by atoms with Crippen LogP contribution in [-0.4, -0.2) is 5.78 Å². The predicted molar refractivity (Wildman–Crippen MR) is 64.9 cm³/mol. The molecule has 0 spiro atoms. The first-order chi connectivity index (χ1) is 7.18. The highest BCUT2D eigenvalue weighted by atomic mass is 16.1. The molecule has 0 radical (unpaired) electrons. The molecule has 0 saturated heterocycles. The fourth-order valence-electron chi connectivity index (χ4n) is 2.51. The van der Waals surface area contributed by atoms with Gasteiger partial charge in [0, 0.05) is 12.8 Å². The van der Waals surface area contributed by atoms with Crippen molar-refractivity contribution in [1.29, 1.82) is 0 Å². The van der Waals surface area contributed by atoms with Crippen molar-refractivity contribution in [2.45, 2.75) is 71.6 Å². The summed E-state index contributed by atoms with van der Waals surface area (Å²) in [6, 6.07) is 0. The van der Waals surface area contributed by atoms with E-state index in [9.17, 15) is 4.79 Å². The van der Waals surface area contributed by atoms with E-state index in [4.69, 9.17) is 0 Å². The van der Waals surface area contributed by atoms with E-state index < -0.39 is 0 Å². The van der Waals surface area contributed by atoms with Gasteiger partial charge in [0.15, 0.2) is 0 Å². The summed E-state index contributed by atoms with van der Waals surface area (Å²) in [5.41, 5.74) is 0. The summed E-state index contributed by atoms with van der Waals surface area (Å²) in [6.45, 7) is 4.57. The Morgan fingerprint density at radius 3 is 2.80 bits per heavy atom. The van der Waals surface area contributed by atoms with Crippen molar-refractivity contribution in [3.05, 3.63) is 0 Å². The molecule has 88 valence electrons. The fraction of sp³-hybridized carbons (Fsp3) is 0.929. The summed E-state index contributed by atoms with van der Waals surface area (Å²) in [5.74, 6) is 2.06. The topological polar surface area (TPSA) is 17.1 Å². The standard InChI is InChI=1S/C14H26O/c1-12(2)7-3-4-8-13-9-5-6-10-14(15)11-13/h12-13H,3-11H2,1-2H3/t13-/m0/s1. The molecule has 1 fully saturated rings. The second-order valence-electron chi connectivity index (χ2n) is 5.53. The monoisotopic (exact) mass is 210 g/mol. The van der Waals surface area contributed by atoms with E-state index in [0.717, 1.165) is 25.2 Å². The molecule has 1 saturated carbocycles. The highest BCUT2D eigenvalue weighted by Gasteiger charge is 2.16. The summed E-state index contributed by atoms with van der Waals surface area (Å²) >= 11 is 0. The van der Waals surface area contributed by atoms with Gasteiger partial charge in [-0.15, -0.1) is 0 Å². The molecular weight excluding hydrogens is 184 g/mol. The third kappa shape index (κ3) is 5.96. The largest absolute Gasteiger partial charge is 0.300 e. The Morgan fingerprint density at radius 1 is 1.27 bits per heavy atom. The van der Waals surface area contributed by atoms with Gasteiger partial charge in [0.25, 0.3) is 0 Å². The number of unbranched alkanes of at least 4 members (excludes halogenated alkanes) is 1. The Labute approximate surface area is 94.6 Å². The van der Waals surface area contributed by atoms with Gasteiger partial charge in [0.05, 0.1) is 0 Å². The number of carbonyl (C=O) groups is 1. The highest BCUT2D eigenvalue weighted by Crippen LogP contribution is 2.25. The van der Waals surface area contributed by atoms with Crippen molar-refractivity contribution in [2.75, 3.05) is 0 Å². The average molecular weight is 210 g/mol. The lowest BCUT2D eigenvalue weighted by molar-refractivity contribution is -0.119. The normalized spacial score (nSPS) is 23.1. The van der Waals surface area contributed by atoms with Gasteiger partial charge >= 0.3 is 0 Å². The van der Waals surface area contributed by atoms with Crippen molar-refractivity contribution < 1.29 is 4.79 Å². The molecule has 1 nitrogen and oxygen atoms in total. The Bertz CT molecular complexity index is 184.